The number of thioether (sulfide) groups is 1. The molecule has 1 unspecified atom stereocenters. The van der Waals surface area contributed by atoms with Crippen LogP contribution in [0.25, 0.3) is 10.9 Å². The van der Waals surface area contributed by atoms with Crippen LogP contribution in [0, 0.1) is 0 Å². The molecule has 2 heterocycles. The maximum absolute atomic E-state index is 12.4. The molecule has 0 bridgehead atoms. The number of carbonyl (C=O) groups is 1. The minimum Gasteiger partial charge on any atom is -0.339 e. The number of piperidine rings is 1. The van der Waals surface area contributed by atoms with E-state index in [4.69, 9.17) is 0 Å². The minimum absolute atomic E-state index is 0.0723. The monoisotopic (exact) mass is 331 g/mol. The molecule has 1 fully saturated rings. The van der Waals surface area contributed by atoms with Gasteiger partial charge in [0.2, 0.25) is 5.91 Å². The fourth-order valence-corrected chi connectivity index (χ4v) is 3.86. The first-order chi connectivity index (χ1) is 11.1. The first-order valence-corrected chi connectivity index (χ1v) is 8.94. The van der Waals surface area contributed by atoms with Crippen molar-refractivity contribution in [1.29, 1.82) is 0 Å². The summed E-state index contributed by atoms with van der Waals surface area (Å²) in [5, 5.41) is 1.20. The Kier molecular flexibility index (Phi) is 4.71. The zero-order chi connectivity index (χ0) is 16.4. The fraction of sp³-hybridized carbons (Fsp3) is 0.471. The van der Waals surface area contributed by atoms with E-state index in [0.717, 1.165) is 19.4 Å². The van der Waals surface area contributed by atoms with Gasteiger partial charge in [0.15, 0.2) is 5.16 Å². The quantitative estimate of drug-likeness (QED) is 0.640. The molecule has 0 radical (unpaired) electrons. The van der Waals surface area contributed by atoms with E-state index >= 15 is 0 Å². The zero-order valence-electron chi connectivity index (χ0n) is 13.5. The van der Waals surface area contributed by atoms with Crippen molar-refractivity contribution in [3.8, 4) is 0 Å². The highest BCUT2D eigenvalue weighted by Crippen LogP contribution is 2.21. The number of carbonyl (C=O) groups excluding carboxylic acids is 1. The third-order valence-corrected chi connectivity index (χ3v) is 5.40. The Morgan fingerprint density at radius 2 is 2.13 bits per heavy atom. The summed E-state index contributed by atoms with van der Waals surface area (Å²) in [4.78, 5) is 31.3. The lowest BCUT2D eigenvalue weighted by Gasteiger charge is -2.33. The van der Waals surface area contributed by atoms with E-state index in [-0.39, 0.29) is 11.5 Å². The van der Waals surface area contributed by atoms with Crippen LogP contribution in [0.3, 0.4) is 0 Å². The van der Waals surface area contributed by atoms with Gasteiger partial charge in [0.05, 0.1) is 16.7 Å². The molecule has 23 heavy (non-hydrogen) atoms. The average Bonchev–Trinajstić information content (AvgIpc) is 2.57. The molecule has 0 N–H and O–H groups in total. The summed E-state index contributed by atoms with van der Waals surface area (Å²) in [5.41, 5.74) is 0.605. The molecule has 2 aromatic rings. The SMILES string of the molecule is CC1CCCCN1C(=O)CSc1nc2ccccc2c(=O)n1C. The Hall–Kier alpha value is -1.82. The summed E-state index contributed by atoms with van der Waals surface area (Å²) in [6, 6.07) is 7.61. The van der Waals surface area contributed by atoms with E-state index < -0.39 is 0 Å². The van der Waals surface area contributed by atoms with Crippen LogP contribution in [0.1, 0.15) is 26.2 Å². The number of nitrogens with zero attached hydrogens (tertiary/aromatic N) is 3. The van der Waals surface area contributed by atoms with Crippen molar-refractivity contribution < 1.29 is 4.79 Å². The summed E-state index contributed by atoms with van der Waals surface area (Å²) in [5.74, 6) is 0.452. The predicted molar refractivity (Wildman–Crippen MR) is 92.7 cm³/mol. The summed E-state index contributed by atoms with van der Waals surface area (Å²) in [7, 11) is 1.71. The van der Waals surface area contributed by atoms with Crippen molar-refractivity contribution in [3.63, 3.8) is 0 Å². The minimum atomic E-state index is -0.0723. The molecule has 1 atom stereocenters. The zero-order valence-corrected chi connectivity index (χ0v) is 14.3. The van der Waals surface area contributed by atoms with Gasteiger partial charge in [-0.25, -0.2) is 4.98 Å². The van der Waals surface area contributed by atoms with Crippen molar-refractivity contribution in [2.45, 2.75) is 37.4 Å². The number of para-hydroxylation sites is 1. The second-order valence-electron chi connectivity index (χ2n) is 6.00. The van der Waals surface area contributed by atoms with Crippen LogP contribution in [-0.2, 0) is 11.8 Å². The lowest BCUT2D eigenvalue weighted by molar-refractivity contribution is -0.131. The van der Waals surface area contributed by atoms with Gasteiger partial charge in [-0.15, -0.1) is 0 Å². The number of likely N-dealkylation sites (tertiary alicyclic amines) is 1. The van der Waals surface area contributed by atoms with Crippen LogP contribution in [0.15, 0.2) is 34.2 Å². The summed E-state index contributed by atoms with van der Waals surface area (Å²) < 4.78 is 1.53. The summed E-state index contributed by atoms with van der Waals surface area (Å²) in [6.07, 6.45) is 3.34. The number of rotatable bonds is 3. The molecule has 122 valence electrons. The number of amides is 1. The third-order valence-electron chi connectivity index (χ3n) is 4.39. The van der Waals surface area contributed by atoms with Crippen LogP contribution in [0.2, 0.25) is 0 Å². The number of benzene rings is 1. The van der Waals surface area contributed by atoms with Gasteiger partial charge >= 0.3 is 0 Å². The Morgan fingerprint density at radius 1 is 1.35 bits per heavy atom. The van der Waals surface area contributed by atoms with Crippen LogP contribution < -0.4 is 5.56 Å². The van der Waals surface area contributed by atoms with E-state index in [1.807, 2.05) is 23.1 Å². The van der Waals surface area contributed by atoms with Crippen molar-refractivity contribution in [2.24, 2.45) is 7.05 Å². The molecule has 1 saturated heterocycles. The molecule has 1 amide bonds. The van der Waals surface area contributed by atoms with Gasteiger partial charge in [0.1, 0.15) is 0 Å². The van der Waals surface area contributed by atoms with Crippen molar-refractivity contribution in [2.75, 3.05) is 12.3 Å². The highest BCUT2D eigenvalue weighted by Gasteiger charge is 2.23. The Bertz CT molecular complexity index is 787. The molecule has 0 saturated carbocycles. The van der Waals surface area contributed by atoms with Crippen LogP contribution in [0.4, 0.5) is 0 Å². The number of hydrogen-bond donors (Lipinski definition) is 0. The summed E-state index contributed by atoms with van der Waals surface area (Å²) in [6.45, 7) is 2.94. The highest BCUT2D eigenvalue weighted by atomic mass is 32.2. The molecule has 0 spiro atoms. The second kappa shape index (κ2) is 6.74. The molecule has 1 aliphatic heterocycles. The van der Waals surface area contributed by atoms with E-state index in [1.165, 1.54) is 22.7 Å². The molecule has 6 heteroatoms. The van der Waals surface area contributed by atoms with Gasteiger partial charge in [-0.05, 0) is 38.3 Å². The van der Waals surface area contributed by atoms with E-state index in [0.29, 0.717) is 27.9 Å². The Labute approximate surface area is 139 Å². The van der Waals surface area contributed by atoms with Gasteiger partial charge in [-0.2, -0.15) is 0 Å². The van der Waals surface area contributed by atoms with Gasteiger partial charge in [-0.3, -0.25) is 14.2 Å². The Morgan fingerprint density at radius 3 is 2.91 bits per heavy atom. The van der Waals surface area contributed by atoms with Crippen LogP contribution in [-0.4, -0.2) is 38.7 Å². The molecule has 1 aliphatic rings. The topological polar surface area (TPSA) is 55.2 Å². The van der Waals surface area contributed by atoms with Gasteiger partial charge in [-0.1, -0.05) is 23.9 Å². The van der Waals surface area contributed by atoms with Gasteiger partial charge < -0.3 is 4.90 Å². The lowest BCUT2D eigenvalue weighted by atomic mass is 10.0. The van der Waals surface area contributed by atoms with Crippen molar-refractivity contribution >= 4 is 28.6 Å². The maximum Gasteiger partial charge on any atom is 0.261 e. The lowest BCUT2D eigenvalue weighted by Crippen LogP contribution is -2.43. The molecular formula is C17H21N3O2S. The number of fused-ring (bicyclic) bond motifs is 1. The molecule has 1 aromatic carbocycles. The Balaban J connectivity index is 1.78. The van der Waals surface area contributed by atoms with Crippen molar-refractivity contribution in [1.82, 2.24) is 14.5 Å². The molecule has 1 aromatic heterocycles. The predicted octanol–water partition coefficient (Wildman–Crippen LogP) is 2.43. The average molecular weight is 331 g/mol. The molecular weight excluding hydrogens is 310 g/mol. The van der Waals surface area contributed by atoms with E-state index in [1.54, 1.807) is 13.1 Å². The summed E-state index contributed by atoms with van der Waals surface area (Å²) >= 11 is 1.34. The van der Waals surface area contributed by atoms with Gasteiger partial charge in [0.25, 0.3) is 5.56 Å². The molecule has 3 rings (SSSR count). The first kappa shape index (κ1) is 16.1. The van der Waals surface area contributed by atoms with E-state index in [2.05, 4.69) is 11.9 Å². The largest absolute Gasteiger partial charge is 0.339 e. The number of aromatic nitrogens is 2. The first-order valence-electron chi connectivity index (χ1n) is 7.96. The normalized spacial score (nSPS) is 18.3. The van der Waals surface area contributed by atoms with E-state index in [9.17, 15) is 9.59 Å². The van der Waals surface area contributed by atoms with Gasteiger partial charge in [0, 0.05) is 19.6 Å². The molecule has 5 nitrogen and oxygen atoms in total. The standard InChI is InChI=1S/C17H21N3O2S/c1-12-7-5-6-10-20(12)15(21)11-23-17-18-14-9-4-3-8-13(14)16(22)19(17)2/h3-4,8-9,12H,5-7,10-11H2,1-2H3. The highest BCUT2D eigenvalue weighted by molar-refractivity contribution is 7.99. The van der Waals surface area contributed by atoms with Crippen LogP contribution in [0.5, 0.6) is 0 Å². The van der Waals surface area contributed by atoms with Crippen molar-refractivity contribution in [3.05, 3.63) is 34.6 Å². The number of hydrogen-bond acceptors (Lipinski definition) is 4. The molecule has 0 aliphatic carbocycles. The smallest absolute Gasteiger partial charge is 0.261 e. The second-order valence-corrected chi connectivity index (χ2v) is 6.94. The maximum atomic E-state index is 12.4. The fourth-order valence-electron chi connectivity index (χ4n) is 3.00. The third kappa shape index (κ3) is 3.27. The van der Waals surface area contributed by atoms with Crippen LogP contribution >= 0.6 is 11.8 Å².